The zero-order chi connectivity index (χ0) is 20.0. The lowest BCUT2D eigenvalue weighted by Gasteiger charge is -2.34. The van der Waals surface area contributed by atoms with Gasteiger partial charge in [-0.25, -0.2) is 0 Å². The van der Waals surface area contributed by atoms with Crippen molar-refractivity contribution in [3.8, 4) is 0 Å². The molecule has 0 bridgehead atoms. The highest BCUT2D eigenvalue weighted by Gasteiger charge is 2.34. The summed E-state index contributed by atoms with van der Waals surface area (Å²) in [5.74, 6) is -0.0816. The van der Waals surface area contributed by atoms with Gasteiger partial charge in [-0.2, -0.15) is 0 Å². The summed E-state index contributed by atoms with van der Waals surface area (Å²) in [6.45, 7) is 9.90. The van der Waals surface area contributed by atoms with Crippen molar-refractivity contribution in [2.75, 3.05) is 6.61 Å². The molecule has 2 rings (SSSR count). The Morgan fingerprint density at radius 3 is 2.19 bits per heavy atom. The van der Waals surface area contributed by atoms with E-state index in [1.807, 2.05) is 27.7 Å². The Balaban J connectivity index is 1.86. The molecule has 0 heterocycles. The van der Waals surface area contributed by atoms with Gasteiger partial charge in [0.05, 0.1) is 18.4 Å². The second kappa shape index (κ2) is 9.90. The average molecular weight is 383 g/mol. The highest BCUT2D eigenvalue weighted by atomic mass is 16.6. The Kier molecular flexibility index (Phi) is 8.14. The Morgan fingerprint density at radius 1 is 1.00 bits per heavy atom. The molecule has 3 atom stereocenters. The van der Waals surface area contributed by atoms with Crippen molar-refractivity contribution in [2.24, 2.45) is 17.8 Å². The second-order valence-electron chi connectivity index (χ2n) is 9.47. The lowest BCUT2D eigenvalue weighted by molar-refractivity contribution is -0.169. The highest BCUT2D eigenvalue weighted by Crippen LogP contribution is 2.34. The first-order chi connectivity index (χ1) is 12.7. The molecule has 0 unspecified atom stereocenters. The third-order valence-corrected chi connectivity index (χ3v) is 5.40. The summed E-state index contributed by atoms with van der Waals surface area (Å²) >= 11 is 0. The van der Waals surface area contributed by atoms with Gasteiger partial charge in [-0.05, 0) is 65.2 Å². The maximum absolute atomic E-state index is 12.5. The maximum atomic E-state index is 12.5. The fourth-order valence-corrected chi connectivity index (χ4v) is 3.73. The molecule has 2 aliphatic carbocycles. The largest absolute Gasteiger partial charge is 0.460 e. The molecular formula is C22H38O5. The van der Waals surface area contributed by atoms with E-state index in [2.05, 4.69) is 0 Å². The highest BCUT2D eigenvalue weighted by molar-refractivity contribution is 5.79. The summed E-state index contributed by atoms with van der Waals surface area (Å²) in [5, 5.41) is 0. The van der Waals surface area contributed by atoms with Crippen molar-refractivity contribution in [3.63, 3.8) is 0 Å². The van der Waals surface area contributed by atoms with Crippen molar-refractivity contribution in [1.82, 2.24) is 0 Å². The van der Waals surface area contributed by atoms with Gasteiger partial charge in [0.15, 0.2) is 0 Å². The SMILES string of the molecule is C[C@H](CC(=O)OC(C)(C)C)C(=O)O[C@@H](C)[C@H](OCC1CC1)C1CCCCC1. The monoisotopic (exact) mass is 382 g/mol. The zero-order valence-corrected chi connectivity index (χ0v) is 17.8. The first-order valence-electron chi connectivity index (χ1n) is 10.7. The number of carbonyl (C=O) groups is 2. The molecular weight excluding hydrogens is 344 g/mol. The van der Waals surface area contributed by atoms with E-state index in [1.54, 1.807) is 6.92 Å². The van der Waals surface area contributed by atoms with Crippen LogP contribution in [-0.2, 0) is 23.8 Å². The Morgan fingerprint density at radius 2 is 1.63 bits per heavy atom. The molecule has 0 radical (unpaired) electrons. The van der Waals surface area contributed by atoms with Crippen LogP contribution in [0.4, 0.5) is 0 Å². The summed E-state index contributed by atoms with van der Waals surface area (Å²) in [5.41, 5.74) is -0.545. The molecule has 0 aromatic heterocycles. The number of rotatable bonds is 9. The summed E-state index contributed by atoms with van der Waals surface area (Å²) in [6.07, 6.45) is 8.23. The van der Waals surface area contributed by atoms with E-state index in [9.17, 15) is 9.59 Å². The number of esters is 2. The predicted octanol–water partition coefficient (Wildman–Crippen LogP) is 4.66. The Bertz CT molecular complexity index is 485. The maximum Gasteiger partial charge on any atom is 0.309 e. The molecule has 156 valence electrons. The van der Waals surface area contributed by atoms with Crippen molar-refractivity contribution in [1.29, 1.82) is 0 Å². The lowest BCUT2D eigenvalue weighted by atomic mass is 9.83. The second-order valence-corrected chi connectivity index (χ2v) is 9.47. The van der Waals surface area contributed by atoms with Crippen LogP contribution in [0.2, 0.25) is 0 Å². The standard InChI is InChI=1S/C22H38O5/c1-15(13-19(23)27-22(3,4)5)21(24)26-16(2)20(25-14-17-11-12-17)18-9-7-6-8-10-18/h15-18,20H,6-14H2,1-5H3/t15-,16+,20+/m1/s1. The van der Waals surface area contributed by atoms with Gasteiger partial charge in [0.2, 0.25) is 0 Å². The Hall–Kier alpha value is -1.10. The minimum absolute atomic E-state index is 0.0384. The molecule has 27 heavy (non-hydrogen) atoms. The van der Waals surface area contributed by atoms with Crippen LogP contribution in [0.3, 0.4) is 0 Å². The predicted molar refractivity (Wildman–Crippen MR) is 104 cm³/mol. The first-order valence-corrected chi connectivity index (χ1v) is 10.7. The number of hydrogen-bond acceptors (Lipinski definition) is 5. The Labute approximate surface area is 164 Å². The molecule has 0 amide bonds. The quantitative estimate of drug-likeness (QED) is 0.543. The summed E-state index contributed by atoms with van der Waals surface area (Å²) in [7, 11) is 0. The lowest BCUT2D eigenvalue weighted by Crippen LogP contribution is -2.40. The topological polar surface area (TPSA) is 61.8 Å². The number of hydrogen-bond donors (Lipinski definition) is 0. The third kappa shape index (κ3) is 8.20. The van der Waals surface area contributed by atoms with Crippen LogP contribution in [-0.4, -0.2) is 36.4 Å². The molecule has 5 heteroatoms. The average Bonchev–Trinajstić information content (AvgIpc) is 3.38. The van der Waals surface area contributed by atoms with E-state index in [-0.39, 0.29) is 30.6 Å². The van der Waals surface area contributed by atoms with E-state index in [0.29, 0.717) is 11.8 Å². The van der Waals surface area contributed by atoms with E-state index in [0.717, 1.165) is 19.4 Å². The van der Waals surface area contributed by atoms with Gasteiger partial charge in [-0.3, -0.25) is 9.59 Å². The number of carbonyl (C=O) groups excluding carboxylic acids is 2. The summed E-state index contributed by atoms with van der Waals surface area (Å²) in [6, 6.07) is 0. The smallest absolute Gasteiger partial charge is 0.309 e. The zero-order valence-electron chi connectivity index (χ0n) is 17.8. The molecule has 0 aromatic carbocycles. The van der Waals surface area contributed by atoms with Crippen molar-refractivity contribution in [3.05, 3.63) is 0 Å². The van der Waals surface area contributed by atoms with Crippen molar-refractivity contribution < 1.29 is 23.8 Å². The normalized spacial score (nSPS) is 22.0. The fraction of sp³-hybridized carbons (Fsp3) is 0.909. The van der Waals surface area contributed by atoms with Gasteiger partial charge in [-0.15, -0.1) is 0 Å². The van der Waals surface area contributed by atoms with E-state index in [4.69, 9.17) is 14.2 Å². The molecule has 2 fully saturated rings. The first kappa shape index (κ1) is 22.2. The van der Waals surface area contributed by atoms with Gasteiger partial charge >= 0.3 is 11.9 Å². The van der Waals surface area contributed by atoms with Crippen LogP contribution < -0.4 is 0 Å². The van der Waals surface area contributed by atoms with Crippen LogP contribution in [0, 0.1) is 17.8 Å². The van der Waals surface area contributed by atoms with Gasteiger partial charge in [0.25, 0.3) is 0 Å². The van der Waals surface area contributed by atoms with Gasteiger partial charge in [-0.1, -0.05) is 26.2 Å². The molecule has 0 saturated heterocycles. The van der Waals surface area contributed by atoms with Crippen LogP contribution in [0.25, 0.3) is 0 Å². The molecule has 2 saturated carbocycles. The third-order valence-electron chi connectivity index (χ3n) is 5.40. The van der Waals surface area contributed by atoms with Crippen molar-refractivity contribution in [2.45, 2.75) is 104 Å². The summed E-state index contributed by atoms with van der Waals surface area (Å²) < 4.78 is 17.3. The minimum Gasteiger partial charge on any atom is -0.460 e. The number of ether oxygens (including phenoxy) is 3. The van der Waals surface area contributed by atoms with Crippen LogP contribution in [0.15, 0.2) is 0 Å². The summed E-state index contributed by atoms with van der Waals surface area (Å²) in [4.78, 5) is 24.5. The molecule has 0 aromatic rings. The molecule has 5 nitrogen and oxygen atoms in total. The van der Waals surface area contributed by atoms with Crippen LogP contribution in [0.1, 0.15) is 86.0 Å². The van der Waals surface area contributed by atoms with Crippen LogP contribution in [0.5, 0.6) is 0 Å². The van der Waals surface area contributed by atoms with Gasteiger partial charge < -0.3 is 14.2 Å². The van der Waals surface area contributed by atoms with E-state index < -0.39 is 11.5 Å². The van der Waals surface area contributed by atoms with E-state index >= 15 is 0 Å². The molecule has 0 spiro atoms. The minimum atomic E-state index is -0.545. The molecule has 2 aliphatic rings. The van der Waals surface area contributed by atoms with Gasteiger partial charge in [0, 0.05) is 6.61 Å². The molecule has 0 N–H and O–H groups in total. The van der Waals surface area contributed by atoms with Crippen LogP contribution >= 0.6 is 0 Å². The van der Waals surface area contributed by atoms with Gasteiger partial charge in [0.1, 0.15) is 11.7 Å². The molecule has 0 aliphatic heterocycles. The van der Waals surface area contributed by atoms with E-state index in [1.165, 1.54) is 32.1 Å². The van der Waals surface area contributed by atoms with Crippen molar-refractivity contribution >= 4 is 11.9 Å². The fourth-order valence-electron chi connectivity index (χ4n) is 3.73.